The number of hydrogen-bond donors (Lipinski definition) is 2. The van der Waals surface area contributed by atoms with E-state index in [1.807, 2.05) is 13.8 Å². The number of carbonyl (C=O) groups excluding carboxylic acids is 1. The fourth-order valence-electron chi connectivity index (χ4n) is 1.73. The standard InChI is InChI=1S/C15H19FN2O2/c1-11(2)18(10-15(17)20)9-13-6-5-12(4-3-7-19)8-14(13)16/h5-6,8,11,19H,7,9-10H2,1-2H3,(H2,17,20). The van der Waals surface area contributed by atoms with Gasteiger partial charge in [-0.25, -0.2) is 4.39 Å². The summed E-state index contributed by atoms with van der Waals surface area (Å²) in [6, 6.07) is 4.72. The normalized spacial score (nSPS) is 10.5. The molecule has 0 aliphatic heterocycles. The summed E-state index contributed by atoms with van der Waals surface area (Å²) in [5.41, 5.74) is 6.17. The number of aliphatic hydroxyl groups is 1. The molecule has 0 aliphatic carbocycles. The molecule has 0 saturated carbocycles. The average Bonchev–Trinajstić information content (AvgIpc) is 2.37. The van der Waals surface area contributed by atoms with Gasteiger partial charge in [-0.15, -0.1) is 0 Å². The summed E-state index contributed by atoms with van der Waals surface area (Å²) in [6.07, 6.45) is 0. The molecule has 0 aromatic heterocycles. The van der Waals surface area contributed by atoms with Crippen LogP contribution in [0.3, 0.4) is 0 Å². The number of aliphatic hydroxyl groups excluding tert-OH is 1. The Labute approximate surface area is 118 Å². The quantitative estimate of drug-likeness (QED) is 0.785. The third kappa shape index (κ3) is 5.00. The summed E-state index contributed by atoms with van der Waals surface area (Å²) in [7, 11) is 0. The molecule has 1 aromatic rings. The Bertz CT molecular complexity index is 532. The number of benzene rings is 1. The maximum Gasteiger partial charge on any atom is 0.231 e. The van der Waals surface area contributed by atoms with Gasteiger partial charge in [-0.1, -0.05) is 17.9 Å². The first-order chi connectivity index (χ1) is 9.43. The number of amides is 1. The molecule has 5 heteroatoms. The molecule has 0 aliphatic rings. The zero-order valence-electron chi connectivity index (χ0n) is 11.7. The number of nitrogens with zero attached hydrogens (tertiary/aromatic N) is 1. The van der Waals surface area contributed by atoms with Crippen molar-refractivity contribution in [2.75, 3.05) is 13.2 Å². The van der Waals surface area contributed by atoms with Crippen LogP contribution in [0.25, 0.3) is 0 Å². The molecular weight excluding hydrogens is 259 g/mol. The van der Waals surface area contributed by atoms with Crippen LogP contribution < -0.4 is 5.73 Å². The summed E-state index contributed by atoms with van der Waals surface area (Å²) < 4.78 is 14.0. The Balaban J connectivity index is 2.88. The van der Waals surface area contributed by atoms with Gasteiger partial charge in [-0.2, -0.15) is 0 Å². The lowest BCUT2D eigenvalue weighted by atomic mass is 10.1. The minimum absolute atomic E-state index is 0.0794. The molecule has 0 bridgehead atoms. The molecule has 0 atom stereocenters. The van der Waals surface area contributed by atoms with Crippen molar-refractivity contribution in [1.82, 2.24) is 4.90 Å². The Hall–Kier alpha value is -1.90. The number of primary amides is 1. The van der Waals surface area contributed by atoms with Crippen molar-refractivity contribution < 1.29 is 14.3 Å². The third-order valence-corrected chi connectivity index (χ3v) is 2.83. The van der Waals surface area contributed by atoms with Crippen LogP contribution in [0, 0.1) is 17.7 Å². The Morgan fingerprint density at radius 2 is 2.20 bits per heavy atom. The second-order valence-electron chi connectivity index (χ2n) is 4.73. The van der Waals surface area contributed by atoms with Crippen molar-refractivity contribution in [2.45, 2.75) is 26.4 Å². The Morgan fingerprint density at radius 1 is 1.50 bits per heavy atom. The maximum absolute atomic E-state index is 14.0. The highest BCUT2D eigenvalue weighted by Crippen LogP contribution is 2.14. The smallest absolute Gasteiger partial charge is 0.231 e. The Kier molecular flexibility index (Phi) is 6.16. The first kappa shape index (κ1) is 16.2. The van der Waals surface area contributed by atoms with Crippen LogP contribution in [-0.2, 0) is 11.3 Å². The van der Waals surface area contributed by atoms with Gasteiger partial charge < -0.3 is 10.8 Å². The lowest BCUT2D eigenvalue weighted by Gasteiger charge is -2.25. The molecule has 20 heavy (non-hydrogen) atoms. The highest BCUT2D eigenvalue weighted by atomic mass is 19.1. The molecular formula is C15H19FN2O2. The van der Waals surface area contributed by atoms with E-state index in [1.165, 1.54) is 6.07 Å². The molecule has 0 fully saturated rings. The largest absolute Gasteiger partial charge is 0.384 e. The highest BCUT2D eigenvalue weighted by Gasteiger charge is 2.14. The van der Waals surface area contributed by atoms with Crippen molar-refractivity contribution >= 4 is 5.91 Å². The van der Waals surface area contributed by atoms with E-state index in [2.05, 4.69) is 11.8 Å². The van der Waals surface area contributed by atoms with Crippen molar-refractivity contribution in [3.8, 4) is 11.8 Å². The zero-order chi connectivity index (χ0) is 15.1. The summed E-state index contributed by atoms with van der Waals surface area (Å²) >= 11 is 0. The molecule has 0 radical (unpaired) electrons. The molecule has 4 nitrogen and oxygen atoms in total. The molecule has 3 N–H and O–H groups in total. The van der Waals surface area contributed by atoms with E-state index in [1.54, 1.807) is 17.0 Å². The molecule has 0 saturated heterocycles. The predicted octanol–water partition coefficient (Wildman–Crippen LogP) is 0.865. The van der Waals surface area contributed by atoms with Crippen LogP contribution in [0.2, 0.25) is 0 Å². The molecule has 1 aromatic carbocycles. The summed E-state index contributed by atoms with van der Waals surface area (Å²) in [5, 5.41) is 8.60. The fraction of sp³-hybridized carbons (Fsp3) is 0.400. The second-order valence-corrected chi connectivity index (χ2v) is 4.73. The van der Waals surface area contributed by atoms with E-state index in [9.17, 15) is 9.18 Å². The molecule has 108 valence electrons. The number of nitrogens with two attached hydrogens (primary N) is 1. The lowest BCUT2D eigenvalue weighted by molar-refractivity contribution is -0.119. The average molecular weight is 278 g/mol. The van der Waals surface area contributed by atoms with E-state index in [0.717, 1.165) is 0 Å². The van der Waals surface area contributed by atoms with Crippen LogP contribution in [-0.4, -0.2) is 35.1 Å². The summed E-state index contributed by atoms with van der Waals surface area (Å²) in [6.45, 7) is 3.97. The van der Waals surface area contributed by atoms with Gasteiger partial charge in [0.05, 0.1) is 6.54 Å². The minimum atomic E-state index is -0.440. The third-order valence-electron chi connectivity index (χ3n) is 2.83. The van der Waals surface area contributed by atoms with Gasteiger partial charge in [0.25, 0.3) is 0 Å². The van der Waals surface area contributed by atoms with E-state index in [-0.39, 0.29) is 25.0 Å². The predicted molar refractivity (Wildman–Crippen MR) is 75.1 cm³/mol. The minimum Gasteiger partial charge on any atom is -0.384 e. The van der Waals surface area contributed by atoms with Crippen molar-refractivity contribution in [3.63, 3.8) is 0 Å². The van der Waals surface area contributed by atoms with Crippen LogP contribution in [0.1, 0.15) is 25.0 Å². The number of halogens is 1. The maximum atomic E-state index is 14.0. The van der Waals surface area contributed by atoms with E-state index < -0.39 is 5.91 Å². The van der Waals surface area contributed by atoms with Crippen molar-refractivity contribution in [3.05, 3.63) is 35.1 Å². The number of hydrogen-bond acceptors (Lipinski definition) is 3. The molecule has 0 heterocycles. The van der Waals surface area contributed by atoms with Crippen LogP contribution in [0.5, 0.6) is 0 Å². The lowest BCUT2D eigenvalue weighted by Crippen LogP contribution is -2.38. The van der Waals surface area contributed by atoms with Crippen LogP contribution in [0.4, 0.5) is 4.39 Å². The molecule has 0 unspecified atom stereocenters. The molecule has 0 spiro atoms. The van der Waals surface area contributed by atoms with E-state index >= 15 is 0 Å². The van der Waals surface area contributed by atoms with Gasteiger partial charge in [0.1, 0.15) is 12.4 Å². The molecule has 1 rings (SSSR count). The van der Waals surface area contributed by atoms with Gasteiger partial charge in [0.2, 0.25) is 5.91 Å². The van der Waals surface area contributed by atoms with Crippen LogP contribution >= 0.6 is 0 Å². The Morgan fingerprint density at radius 3 is 2.70 bits per heavy atom. The van der Waals surface area contributed by atoms with Gasteiger partial charge in [0.15, 0.2) is 0 Å². The number of rotatable bonds is 5. The summed E-state index contributed by atoms with van der Waals surface area (Å²) in [4.78, 5) is 12.8. The fourth-order valence-corrected chi connectivity index (χ4v) is 1.73. The second kappa shape index (κ2) is 7.63. The van der Waals surface area contributed by atoms with Crippen molar-refractivity contribution in [1.29, 1.82) is 0 Å². The first-order valence-corrected chi connectivity index (χ1v) is 6.34. The van der Waals surface area contributed by atoms with Gasteiger partial charge in [0, 0.05) is 23.7 Å². The topological polar surface area (TPSA) is 66.6 Å². The molecule has 1 amide bonds. The van der Waals surface area contributed by atoms with E-state index in [0.29, 0.717) is 17.7 Å². The van der Waals surface area contributed by atoms with Gasteiger partial charge in [-0.3, -0.25) is 9.69 Å². The SMILES string of the molecule is CC(C)N(CC(N)=O)Cc1ccc(C#CCO)cc1F. The monoisotopic (exact) mass is 278 g/mol. The van der Waals surface area contributed by atoms with Gasteiger partial charge >= 0.3 is 0 Å². The van der Waals surface area contributed by atoms with E-state index in [4.69, 9.17) is 10.8 Å². The highest BCUT2D eigenvalue weighted by molar-refractivity contribution is 5.75. The van der Waals surface area contributed by atoms with Crippen LogP contribution in [0.15, 0.2) is 18.2 Å². The van der Waals surface area contributed by atoms with Gasteiger partial charge in [-0.05, 0) is 26.0 Å². The van der Waals surface area contributed by atoms with Crippen molar-refractivity contribution in [2.24, 2.45) is 5.73 Å². The zero-order valence-corrected chi connectivity index (χ0v) is 11.7. The first-order valence-electron chi connectivity index (χ1n) is 6.34. The summed E-state index contributed by atoms with van der Waals surface area (Å²) in [5.74, 6) is 4.28. The number of carbonyl (C=O) groups is 1.